The summed E-state index contributed by atoms with van der Waals surface area (Å²) in [6.07, 6.45) is 29.0. The minimum absolute atomic E-state index is 0.129. The van der Waals surface area contributed by atoms with Crippen LogP contribution in [0.15, 0.2) is 319 Å². The molecule has 20 rings (SSSR count). The lowest BCUT2D eigenvalue weighted by Gasteiger charge is -2.12. The van der Waals surface area contributed by atoms with E-state index in [0.717, 1.165) is 153 Å². The average Bonchev–Trinajstić information content (AvgIpc) is 1.63. The number of hydrogen-bond donors (Lipinski definition) is 4. The minimum atomic E-state index is -4.15. The van der Waals surface area contributed by atoms with Gasteiger partial charge in [0, 0.05) is 229 Å². The molecular weight excluding hydrogens is 1650 g/mol. The Morgan fingerprint density at radius 3 is 1.05 bits per heavy atom. The van der Waals surface area contributed by atoms with E-state index in [1.54, 1.807) is 92.9 Å². The molecule has 20 aromatic rings. The van der Waals surface area contributed by atoms with Crippen LogP contribution in [0.1, 0.15) is 25.8 Å². The number of aryl methyl sites for hydroxylation is 1. The molecule has 14 aromatic heterocycles. The van der Waals surface area contributed by atoms with Crippen molar-refractivity contribution in [2.24, 2.45) is 0 Å². The second kappa shape index (κ2) is 34.6. The number of hydrogen-bond acceptors (Lipinski definition) is 20. The van der Waals surface area contributed by atoms with E-state index in [-0.39, 0.29) is 22.5 Å². The summed E-state index contributed by atoms with van der Waals surface area (Å²) in [6.45, 7) is 1.77. The fourth-order valence-electron chi connectivity index (χ4n) is 14.4. The molecule has 0 atom stereocenters. The summed E-state index contributed by atoms with van der Waals surface area (Å²) in [6, 6.07) is 60.5. The molecule has 0 bridgehead atoms. The molecule has 0 aliphatic carbocycles. The quantitative estimate of drug-likeness (QED) is 0.0620. The zero-order valence-corrected chi connectivity index (χ0v) is 71.9. The fourth-order valence-corrected chi connectivity index (χ4v) is 17.6. The number of aromatic nitrogens is 16. The van der Waals surface area contributed by atoms with Gasteiger partial charge in [0.1, 0.15) is 33.3 Å². The van der Waals surface area contributed by atoms with Crippen molar-refractivity contribution >= 4 is 110 Å². The maximum absolute atomic E-state index is 14.1. The average molecular weight is 1730 g/mol. The van der Waals surface area contributed by atoms with Gasteiger partial charge in [-0.05, 0) is 149 Å². The molecule has 31 heteroatoms. The Morgan fingerprint density at radius 2 is 0.706 bits per heavy atom. The molecule has 0 radical (unpaired) electrons. The molecule has 0 unspecified atom stereocenters. The number of carbonyl (C=O) groups is 2. The molecule has 4 N–H and O–H groups in total. The van der Waals surface area contributed by atoms with Gasteiger partial charge in [-0.1, -0.05) is 84.9 Å². The van der Waals surface area contributed by atoms with Gasteiger partial charge in [-0.3, -0.25) is 9.59 Å². The van der Waals surface area contributed by atoms with Crippen molar-refractivity contribution in [2.75, 3.05) is 76.0 Å². The second-order valence-corrected chi connectivity index (χ2v) is 34.9. The number of pyridine rings is 4. The van der Waals surface area contributed by atoms with Crippen LogP contribution >= 0.6 is 11.3 Å². The van der Waals surface area contributed by atoms with Crippen LogP contribution in [0.4, 0.5) is 27.1 Å². The highest BCUT2D eigenvalue weighted by atomic mass is 32.2. The third-order valence-electron chi connectivity index (χ3n) is 21.4. The molecule has 0 fully saturated rings. The lowest BCUT2D eigenvalue weighted by Crippen LogP contribution is -2.14. The van der Waals surface area contributed by atoms with E-state index in [4.69, 9.17) is 4.42 Å². The van der Waals surface area contributed by atoms with Crippen LogP contribution < -0.4 is 19.6 Å². The number of aromatic amines is 4. The Kier molecular flexibility index (Phi) is 22.7. The number of nitrogens with zero attached hydrogens (tertiary/aromatic N) is 16. The van der Waals surface area contributed by atoms with Crippen LogP contribution in [-0.4, -0.2) is 163 Å². The first-order valence-electron chi connectivity index (χ1n) is 39.6. The van der Waals surface area contributed by atoms with Crippen molar-refractivity contribution in [3.63, 3.8) is 0 Å². The van der Waals surface area contributed by atoms with Crippen molar-refractivity contribution in [2.45, 2.75) is 16.7 Å². The molecule has 14 heterocycles. The van der Waals surface area contributed by atoms with Gasteiger partial charge >= 0.3 is 5.91 Å². The smallest absolute Gasteiger partial charge is 0.313 e. The predicted molar refractivity (Wildman–Crippen MR) is 494 cm³/mol. The van der Waals surface area contributed by atoms with E-state index in [1.807, 2.05) is 146 Å². The zero-order chi connectivity index (χ0) is 87.7. The number of nitrogens with one attached hydrogen (secondary N) is 4. The molecular formula is C95H81FN20O7S3. The van der Waals surface area contributed by atoms with Gasteiger partial charge in [0.2, 0.25) is 0 Å². The van der Waals surface area contributed by atoms with Gasteiger partial charge < -0.3 is 44.0 Å². The van der Waals surface area contributed by atoms with E-state index in [1.165, 1.54) is 57.6 Å². The monoisotopic (exact) mass is 1730 g/mol. The number of thiophene rings is 1. The van der Waals surface area contributed by atoms with Crippen LogP contribution in [0, 0.1) is 12.7 Å². The molecule has 628 valence electrons. The van der Waals surface area contributed by atoms with Gasteiger partial charge in [0.25, 0.3) is 26.0 Å². The topological polar surface area (TPSA) is 315 Å². The lowest BCUT2D eigenvalue weighted by molar-refractivity contribution is 0.0915. The lowest BCUT2D eigenvalue weighted by atomic mass is 10.0. The summed E-state index contributed by atoms with van der Waals surface area (Å²) >= 11 is 1.41. The molecule has 0 amide bonds. The SMILES string of the molecule is CN(C)c1ccc(-c2cnc3[nH]cc(-c4cnn(C(=O)c5ccco5)c4)c3c2)cc1.CN(C)c1ccc(-c2cnc3[nH]cc(-c4cnn(C(=O)c5cccs5)c4)c3c2)cc1.CN(C)c1ccc(-c2cnc3[nH]cc(-c4cnn(S(=O)(=O)c5ccccc5F)c4)c3c2)cc1.Cc1ccccc1S(=O)(=O)n1cc(-c2c[nH]c3ncc(-c4ccc(N(C)C)cc4)cc23)cn1. The Morgan fingerprint density at radius 1 is 0.365 bits per heavy atom. The third-order valence-corrected chi connectivity index (χ3v) is 25.5. The number of carbonyl (C=O) groups excluding carboxylic acids is 2. The van der Waals surface area contributed by atoms with Gasteiger partial charge in [-0.15, -0.1) is 11.3 Å². The number of fused-ring (bicyclic) bond motifs is 4. The normalized spacial score (nSPS) is 11.4. The number of benzene rings is 6. The van der Waals surface area contributed by atoms with Crippen molar-refractivity contribution in [3.8, 4) is 89.0 Å². The molecule has 126 heavy (non-hydrogen) atoms. The molecule has 0 spiro atoms. The molecule has 27 nitrogen and oxygen atoms in total. The molecule has 0 aliphatic heterocycles. The Labute approximate surface area is 727 Å². The van der Waals surface area contributed by atoms with Crippen LogP contribution in [0.25, 0.3) is 133 Å². The van der Waals surface area contributed by atoms with Crippen LogP contribution in [0.2, 0.25) is 0 Å². The Bertz CT molecular complexity index is 7140. The number of furan rings is 1. The number of anilines is 4. The van der Waals surface area contributed by atoms with E-state index in [2.05, 4.69) is 166 Å². The van der Waals surface area contributed by atoms with E-state index >= 15 is 0 Å². The highest BCUT2D eigenvalue weighted by Gasteiger charge is 2.26. The first-order valence-corrected chi connectivity index (χ1v) is 43.3. The molecule has 0 saturated carbocycles. The van der Waals surface area contributed by atoms with Crippen LogP contribution in [-0.2, 0) is 20.0 Å². The summed E-state index contributed by atoms with van der Waals surface area (Å²) < 4.78 is 75.7. The fraction of sp³-hybridized carbons (Fsp3) is 0.0947. The number of H-pyrrole nitrogens is 4. The third kappa shape index (κ3) is 16.8. The largest absolute Gasteiger partial charge is 0.459 e. The molecule has 6 aromatic carbocycles. The highest BCUT2D eigenvalue weighted by Crippen LogP contribution is 2.38. The maximum Gasteiger partial charge on any atom is 0.313 e. The van der Waals surface area contributed by atoms with Gasteiger partial charge in [0.15, 0.2) is 5.76 Å². The minimum Gasteiger partial charge on any atom is -0.459 e. The summed E-state index contributed by atoms with van der Waals surface area (Å²) in [4.78, 5) is 64.6. The van der Waals surface area contributed by atoms with Gasteiger partial charge in [-0.25, -0.2) is 33.7 Å². The standard InChI is InChI=1S/C25H23N5O2S.C24H20FN5O2S.C23H19N5O2.C23H19N5OS/c1-17-6-4-5-7-24(17)33(31,32)30-16-20(14-28-30)23-15-27-25-22(23)12-19(13-26-25)18-8-10-21(11-9-18)29(2)3;1-29(2)19-9-7-16(8-10-19)17-11-20-21(14-27-24(20)26-12-17)18-13-28-30(15-18)33(31,32)23-6-4-3-5-22(23)25;2*1-27(2)18-7-5-15(6-8-18)16-10-19-20(13-25-22(19)24-11-16)17-12-26-28(14-17)23(29)21-4-3-9-30-21/h4-16H,1-3H3,(H,26,27);3-15H,1-2H3,(H,26,27);2*3-14H,1-2H3,(H,24,25). The Balaban J connectivity index is 0.000000119. The van der Waals surface area contributed by atoms with Crippen molar-refractivity contribution in [3.05, 3.63) is 327 Å². The van der Waals surface area contributed by atoms with Crippen LogP contribution in [0.3, 0.4) is 0 Å². The maximum atomic E-state index is 14.1. The summed E-state index contributed by atoms with van der Waals surface area (Å²) in [5.74, 6) is -1.02. The Hall–Kier alpha value is -15.7. The zero-order valence-electron chi connectivity index (χ0n) is 69.5. The molecule has 0 aliphatic rings. The molecule has 0 saturated heterocycles. The highest BCUT2D eigenvalue weighted by molar-refractivity contribution is 7.90. The van der Waals surface area contributed by atoms with Gasteiger partial charge in [0.05, 0.1) is 53.2 Å². The van der Waals surface area contributed by atoms with Crippen LogP contribution in [0.5, 0.6) is 0 Å². The van der Waals surface area contributed by atoms with Crippen molar-refractivity contribution in [1.29, 1.82) is 0 Å². The first kappa shape index (κ1) is 82.6. The summed E-state index contributed by atoms with van der Waals surface area (Å²) in [5.41, 5.74) is 22.9. The summed E-state index contributed by atoms with van der Waals surface area (Å²) in [7, 11) is 8.15. The van der Waals surface area contributed by atoms with Crippen molar-refractivity contribution in [1.82, 2.24) is 77.8 Å². The number of halogens is 1. The summed E-state index contributed by atoms with van der Waals surface area (Å²) in [5, 5.41) is 22.2. The van der Waals surface area contributed by atoms with E-state index < -0.39 is 30.8 Å². The first-order chi connectivity index (χ1) is 60.9. The second-order valence-electron chi connectivity index (χ2n) is 30.4. The predicted octanol–water partition coefficient (Wildman–Crippen LogP) is 18.6. The number of rotatable bonds is 18. The van der Waals surface area contributed by atoms with E-state index in [0.29, 0.717) is 27.2 Å². The van der Waals surface area contributed by atoms with Gasteiger partial charge in [-0.2, -0.15) is 45.4 Å². The van der Waals surface area contributed by atoms with E-state index in [9.17, 15) is 30.8 Å². The van der Waals surface area contributed by atoms with Crippen molar-refractivity contribution < 1.29 is 35.2 Å².